The molecule has 0 spiro atoms. The van der Waals surface area contributed by atoms with Crippen LogP contribution in [0, 0.1) is 5.92 Å². The van der Waals surface area contributed by atoms with Gasteiger partial charge in [-0.25, -0.2) is 0 Å². The zero-order chi connectivity index (χ0) is 11.3. The molecule has 0 radical (unpaired) electrons. The van der Waals surface area contributed by atoms with E-state index in [0.29, 0.717) is 5.91 Å². The van der Waals surface area contributed by atoms with E-state index in [-0.39, 0.29) is 5.92 Å². The Morgan fingerprint density at radius 2 is 2.00 bits per heavy atom. The molecule has 1 heterocycles. The van der Waals surface area contributed by atoms with Crippen molar-refractivity contribution in [3.63, 3.8) is 0 Å². The van der Waals surface area contributed by atoms with Gasteiger partial charge in [-0.2, -0.15) is 0 Å². The molecule has 0 aliphatic carbocycles. The maximum atomic E-state index is 11.9. The average Bonchev–Trinajstić information content (AvgIpc) is 2.08. The Labute approximate surface area is 92.6 Å². The highest BCUT2D eigenvalue weighted by Crippen LogP contribution is 2.08. The first kappa shape index (κ1) is 12.5. The molecule has 1 aliphatic rings. The summed E-state index contributed by atoms with van der Waals surface area (Å²) in [7, 11) is 4.13. The van der Waals surface area contributed by atoms with Crippen LogP contribution in [0.25, 0.3) is 0 Å². The monoisotopic (exact) mass is 213 g/mol. The molecule has 4 heteroatoms. The Hall–Kier alpha value is -0.610. The van der Waals surface area contributed by atoms with E-state index < -0.39 is 0 Å². The van der Waals surface area contributed by atoms with Crippen molar-refractivity contribution in [3.05, 3.63) is 0 Å². The molecule has 1 rings (SSSR count). The van der Waals surface area contributed by atoms with Gasteiger partial charge >= 0.3 is 0 Å². The van der Waals surface area contributed by atoms with Crippen LogP contribution >= 0.6 is 0 Å². The zero-order valence-electron chi connectivity index (χ0n) is 10.1. The Balaban J connectivity index is 2.24. The van der Waals surface area contributed by atoms with Gasteiger partial charge < -0.3 is 15.1 Å². The van der Waals surface area contributed by atoms with Gasteiger partial charge in [0.05, 0.1) is 5.92 Å². The molecule has 0 aromatic rings. The first-order valence-electron chi connectivity index (χ1n) is 5.79. The second-order valence-electron chi connectivity index (χ2n) is 4.43. The molecule has 1 N–H and O–H groups in total. The highest BCUT2D eigenvalue weighted by molar-refractivity contribution is 5.80. The first-order valence-corrected chi connectivity index (χ1v) is 5.79. The van der Waals surface area contributed by atoms with Crippen LogP contribution in [0.4, 0.5) is 0 Å². The number of carbonyl (C=O) groups excluding carboxylic acids is 1. The van der Waals surface area contributed by atoms with Crippen LogP contribution in [0.15, 0.2) is 0 Å². The summed E-state index contributed by atoms with van der Waals surface area (Å²) in [5.41, 5.74) is 0. The van der Waals surface area contributed by atoms with Crippen molar-refractivity contribution in [2.75, 3.05) is 46.8 Å². The molecular weight excluding hydrogens is 190 g/mol. The molecule has 0 unspecified atom stereocenters. The molecule has 1 amide bonds. The number of nitrogens with one attached hydrogen (secondary N) is 1. The smallest absolute Gasteiger partial charge is 0.228 e. The number of hydrogen-bond acceptors (Lipinski definition) is 3. The molecule has 0 atom stereocenters. The number of amides is 1. The first-order chi connectivity index (χ1) is 7.15. The van der Waals surface area contributed by atoms with Crippen LogP contribution in [0.5, 0.6) is 0 Å². The van der Waals surface area contributed by atoms with Crippen molar-refractivity contribution in [2.45, 2.75) is 13.3 Å². The number of hydrogen-bond donors (Lipinski definition) is 1. The predicted octanol–water partition coefficient (Wildman–Crippen LogP) is 0.00600. The Morgan fingerprint density at radius 1 is 1.33 bits per heavy atom. The van der Waals surface area contributed by atoms with Gasteiger partial charge in [0.15, 0.2) is 0 Å². The van der Waals surface area contributed by atoms with Crippen LogP contribution in [-0.2, 0) is 4.79 Å². The summed E-state index contributed by atoms with van der Waals surface area (Å²) in [6, 6.07) is 0. The molecule has 0 aromatic carbocycles. The van der Waals surface area contributed by atoms with Gasteiger partial charge in [0.1, 0.15) is 0 Å². The minimum atomic E-state index is 0.240. The lowest BCUT2D eigenvalue weighted by molar-refractivity contribution is -0.137. The van der Waals surface area contributed by atoms with E-state index in [4.69, 9.17) is 0 Å². The summed E-state index contributed by atoms with van der Waals surface area (Å²) in [5, 5.41) is 3.14. The minimum Gasteiger partial charge on any atom is -0.343 e. The molecule has 15 heavy (non-hydrogen) atoms. The number of nitrogens with zero attached hydrogens (tertiary/aromatic N) is 2. The summed E-state index contributed by atoms with van der Waals surface area (Å²) in [4.78, 5) is 16.0. The Kier molecular flexibility index (Phi) is 5.05. The minimum absolute atomic E-state index is 0.240. The van der Waals surface area contributed by atoms with Crippen LogP contribution in [0.3, 0.4) is 0 Å². The van der Waals surface area contributed by atoms with Crippen LogP contribution in [0.1, 0.15) is 13.3 Å². The second kappa shape index (κ2) is 6.08. The molecule has 1 fully saturated rings. The van der Waals surface area contributed by atoms with Gasteiger partial charge in [0.25, 0.3) is 0 Å². The standard InChI is InChI=1S/C11H23N3O/c1-4-14(7-5-6-13(2)3)11(15)10-8-12-9-10/h10,12H,4-9H2,1-3H3. The third-order valence-corrected chi connectivity index (χ3v) is 2.86. The van der Waals surface area contributed by atoms with Gasteiger partial charge in [0.2, 0.25) is 5.91 Å². The number of rotatable bonds is 6. The SMILES string of the molecule is CCN(CCCN(C)C)C(=O)C1CNC1. The summed E-state index contributed by atoms with van der Waals surface area (Å²) >= 11 is 0. The molecule has 0 saturated carbocycles. The zero-order valence-corrected chi connectivity index (χ0v) is 10.1. The molecule has 1 aliphatic heterocycles. The number of carbonyl (C=O) groups is 1. The largest absolute Gasteiger partial charge is 0.343 e. The third kappa shape index (κ3) is 3.80. The fourth-order valence-corrected chi connectivity index (χ4v) is 1.72. The van der Waals surface area contributed by atoms with E-state index in [2.05, 4.69) is 31.2 Å². The van der Waals surface area contributed by atoms with Crippen LogP contribution < -0.4 is 5.32 Å². The van der Waals surface area contributed by atoms with E-state index in [0.717, 1.165) is 39.1 Å². The van der Waals surface area contributed by atoms with Crippen molar-refractivity contribution in [3.8, 4) is 0 Å². The van der Waals surface area contributed by atoms with Gasteiger partial charge in [-0.15, -0.1) is 0 Å². The Morgan fingerprint density at radius 3 is 2.40 bits per heavy atom. The fraction of sp³-hybridized carbons (Fsp3) is 0.909. The summed E-state index contributed by atoms with van der Waals surface area (Å²) in [6.07, 6.45) is 1.06. The normalized spacial score (nSPS) is 16.5. The maximum absolute atomic E-state index is 11.9. The van der Waals surface area contributed by atoms with Crippen molar-refractivity contribution in [2.24, 2.45) is 5.92 Å². The van der Waals surface area contributed by atoms with Crippen molar-refractivity contribution in [1.82, 2.24) is 15.1 Å². The van der Waals surface area contributed by atoms with E-state index >= 15 is 0 Å². The average molecular weight is 213 g/mol. The lowest BCUT2D eigenvalue weighted by Crippen LogP contribution is -2.52. The molecule has 4 nitrogen and oxygen atoms in total. The van der Waals surface area contributed by atoms with E-state index in [1.165, 1.54) is 0 Å². The van der Waals surface area contributed by atoms with E-state index in [1.54, 1.807) is 0 Å². The summed E-state index contributed by atoms with van der Waals surface area (Å²) < 4.78 is 0. The second-order valence-corrected chi connectivity index (χ2v) is 4.43. The maximum Gasteiger partial charge on any atom is 0.228 e. The van der Waals surface area contributed by atoms with Gasteiger partial charge in [-0.3, -0.25) is 4.79 Å². The predicted molar refractivity (Wildman–Crippen MR) is 61.8 cm³/mol. The third-order valence-electron chi connectivity index (χ3n) is 2.86. The quantitative estimate of drug-likeness (QED) is 0.675. The lowest BCUT2D eigenvalue weighted by Gasteiger charge is -2.32. The van der Waals surface area contributed by atoms with E-state index in [9.17, 15) is 4.79 Å². The molecule has 0 bridgehead atoms. The van der Waals surface area contributed by atoms with Gasteiger partial charge in [-0.1, -0.05) is 0 Å². The highest BCUT2D eigenvalue weighted by Gasteiger charge is 2.28. The topological polar surface area (TPSA) is 35.6 Å². The van der Waals surface area contributed by atoms with Crippen LogP contribution in [0.2, 0.25) is 0 Å². The van der Waals surface area contributed by atoms with Crippen LogP contribution in [-0.4, -0.2) is 62.5 Å². The molecule has 1 saturated heterocycles. The Bertz CT molecular complexity index is 202. The summed E-state index contributed by atoms with van der Waals surface area (Å²) in [5.74, 6) is 0.569. The lowest BCUT2D eigenvalue weighted by atomic mass is 10.0. The van der Waals surface area contributed by atoms with Crippen molar-refractivity contribution >= 4 is 5.91 Å². The summed E-state index contributed by atoms with van der Waals surface area (Å²) in [6.45, 7) is 6.56. The fourth-order valence-electron chi connectivity index (χ4n) is 1.72. The molecule has 0 aromatic heterocycles. The van der Waals surface area contributed by atoms with Crippen molar-refractivity contribution < 1.29 is 4.79 Å². The van der Waals surface area contributed by atoms with Gasteiger partial charge in [0, 0.05) is 26.2 Å². The van der Waals surface area contributed by atoms with Gasteiger partial charge in [-0.05, 0) is 34.0 Å². The molecular formula is C11H23N3O. The van der Waals surface area contributed by atoms with E-state index in [1.807, 2.05) is 4.90 Å². The highest BCUT2D eigenvalue weighted by atomic mass is 16.2. The van der Waals surface area contributed by atoms with Crippen molar-refractivity contribution in [1.29, 1.82) is 0 Å². The molecule has 88 valence electrons.